The zero-order chi connectivity index (χ0) is 24.6. The number of rotatable bonds is 8. The van der Waals surface area contributed by atoms with Crippen molar-refractivity contribution in [2.45, 2.75) is 26.8 Å². The fraction of sp³-hybridized carbons (Fsp3) is 0.385. The molecule has 0 N–H and O–H groups in total. The second-order valence-corrected chi connectivity index (χ2v) is 8.69. The van der Waals surface area contributed by atoms with E-state index < -0.39 is 6.04 Å². The topological polar surface area (TPSA) is 72.2 Å². The van der Waals surface area contributed by atoms with E-state index in [1.807, 2.05) is 19.1 Å². The molecule has 0 bridgehead atoms. The minimum Gasteiger partial charge on any atom is -0.493 e. The SMILES string of the molecule is CCN(CC)CCN1C(=O)c2oc3cc(C)c(Cl)cc3c(=O)c2C1c1cccc(OC)c1OC. The van der Waals surface area contributed by atoms with Crippen LogP contribution in [0.5, 0.6) is 11.5 Å². The number of fused-ring (bicyclic) bond motifs is 2. The van der Waals surface area contributed by atoms with Gasteiger partial charge in [-0.2, -0.15) is 0 Å². The van der Waals surface area contributed by atoms with Gasteiger partial charge in [-0.15, -0.1) is 0 Å². The molecule has 1 amide bonds. The number of likely N-dealkylation sites (N-methyl/N-ethyl adjacent to an activating group) is 1. The van der Waals surface area contributed by atoms with Gasteiger partial charge in [-0.1, -0.05) is 37.6 Å². The molecule has 0 radical (unpaired) electrons. The van der Waals surface area contributed by atoms with Crippen LogP contribution in [-0.2, 0) is 0 Å². The fourth-order valence-electron chi connectivity index (χ4n) is 4.61. The molecular formula is C26H29ClN2O5. The number of amides is 1. The van der Waals surface area contributed by atoms with Crippen molar-refractivity contribution in [2.75, 3.05) is 40.4 Å². The van der Waals surface area contributed by atoms with Crippen LogP contribution in [0.2, 0.25) is 5.02 Å². The number of nitrogens with zero attached hydrogens (tertiary/aromatic N) is 2. The van der Waals surface area contributed by atoms with Crippen LogP contribution < -0.4 is 14.9 Å². The molecule has 34 heavy (non-hydrogen) atoms. The van der Waals surface area contributed by atoms with E-state index in [9.17, 15) is 9.59 Å². The maximum atomic E-state index is 13.8. The van der Waals surface area contributed by atoms with Crippen LogP contribution in [0.25, 0.3) is 11.0 Å². The van der Waals surface area contributed by atoms with Crippen molar-refractivity contribution in [1.82, 2.24) is 9.80 Å². The van der Waals surface area contributed by atoms with Crippen LogP contribution in [0.1, 0.15) is 47.1 Å². The van der Waals surface area contributed by atoms with E-state index >= 15 is 0 Å². The summed E-state index contributed by atoms with van der Waals surface area (Å²) in [6.07, 6.45) is 0. The third kappa shape index (κ3) is 3.93. The van der Waals surface area contributed by atoms with Crippen molar-refractivity contribution in [3.63, 3.8) is 0 Å². The van der Waals surface area contributed by atoms with Crippen LogP contribution in [0, 0.1) is 6.92 Å². The smallest absolute Gasteiger partial charge is 0.290 e. The van der Waals surface area contributed by atoms with Gasteiger partial charge >= 0.3 is 0 Å². The van der Waals surface area contributed by atoms with Gasteiger partial charge < -0.3 is 23.7 Å². The highest BCUT2D eigenvalue weighted by Gasteiger charge is 2.44. The van der Waals surface area contributed by atoms with Crippen molar-refractivity contribution in [2.24, 2.45) is 0 Å². The summed E-state index contributed by atoms with van der Waals surface area (Å²) >= 11 is 6.33. The van der Waals surface area contributed by atoms with Crippen molar-refractivity contribution in [3.8, 4) is 11.5 Å². The molecule has 1 unspecified atom stereocenters. The first kappa shape index (κ1) is 24.1. The van der Waals surface area contributed by atoms with E-state index in [0.717, 1.165) is 18.7 Å². The van der Waals surface area contributed by atoms with Gasteiger partial charge in [-0.3, -0.25) is 9.59 Å². The van der Waals surface area contributed by atoms with Gasteiger partial charge in [-0.25, -0.2) is 0 Å². The number of ether oxygens (including phenoxy) is 2. The fourth-order valence-corrected chi connectivity index (χ4v) is 4.77. The highest BCUT2D eigenvalue weighted by molar-refractivity contribution is 6.32. The highest BCUT2D eigenvalue weighted by atomic mass is 35.5. The van der Waals surface area contributed by atoms with E-state index in [0.29, 0.717) is 51.7 Å². The number of aryl methyl sites for hydroxylation is 1. The van der Waals surface area contributed by atoms with Gasteiger partial charge in [0.15, 0.2) is 16.9 Å². The van der Waals surface area contributed by atoms with E-state index in [2.05, 4.69) is 18.7 Å². The predicted octanol–water partition coefficient (Wildman–Crippen LogP) is 4.66. The molecule has 4 rings (SSSR count). The maximum Gasteiger partial charge on any atom is 0.290 e. The largest absolute Gasteiger partial charge is 0.493 e. The van der Waals surface area contributed by atoms with Crippen LogP contribution >= 0.6 is 11.6 Å². The summed E-state index contributed by atoms with van der Waals surface area (Å²) in [6, 6.07) is 8.10. The van der Waals surface area contributed by atoms with Crippen LogP contribution in [0.3, 0.4) is 0 Å². The molecule has 0 fully saturated rings. The lowest BCUT2D eigenvalue weighted by Crippen LogP contribution is -2.38. The Kier molecular flexibility index (Phi) is 6.86. The molecule has 8 heteroatoms. The quantitative estimate of drug-likeness (QED) is 0.463. The Hall–Kier alpha value is -3.03. The van der Waals surface area contributed by atoms with Gasteiger partial charge in [0.25, 0.3) is 5.91 Å². The Morgan fingerprint density at radius 2 is 1.85 bits per heavy atom. The summed E-state index contributed by atoms with van der Waals surface area (Å²) in [7, 11) is 3.10. The molecular weight excluding hydrogens is 456 g/mol. The van der Waals surface area contributed by atoms with Gasteiger partial charge in [-0.05, 0) is 43.8 Å². The van der Waals surface area contributed by atoms with E-state index in [4.69, 9.17) is 25.5 Å². The van der Waals surface area contributed by atoms with Gasteiger partial charge in [0.1, 0.15) is 5.58 Å². The number of hydrogen-bond donors (Lipinski definition) is 0. The minimum absolute atomic E-state index is 0.0636. The normalized spacial score (nSPS) is 15.3. The molecule has 3 aromatic rings. The lowest BCUT2D eigenvalue weighted by Gasteiger charge is -2.29. The summed E-state index contributed by atoms with van der Waals surface area (Å²) in [5.74, 6) is 0.746. The molecule has 0 saturated heterocycles. The van der Waals surface area contributed by atoms with E-state index in [1.165, 1.54) is 0 Å². The van der Waals surface area contributed by atoms with Crippen LogP contribution in [0.15, 0.2) is 39.5 Å². The van der Waals surface area contributed by atoms with Crippen LogP contribution in [-0.4, -0.2) is 56.1 Å². The van der Waals surface area contributed by atoms with Crippen molar-refractivity contribution >= 4 is 28.5 Å². The monoisotopic (exact) mass is 484 g/mol. The Morgan fingerprint density at radius 3 is 2.50 bits per heavy atom. The van der Waals surface area contributed by atoms with Crippen molar-refractivity contribution in [3.05, 3.63) is 68.0 Å². The second-order valence-electron chi connectivity index (χ2n) is 8.28. The number of hydrogen-bond acceptors (Lipinski definition) is 6. The third-order valence-corrected chi connectivity index (χ3v) is 6.93. The Bertz CT molecular complexity index is 1300. The molecule has 180 valence electrons. The summed E-state index contributed by atoms with van der Waals surface area (Å²) in [6.45, 7) is 8.79. The molecule has 7 nitrogen and oxygen atoms in total. The molecule has 1 aliphatic heterocycles. The van der Waals surface area contributed by atoms with E-state index in [-0.39, 0.29) is 17.1 Å². The van der Waals surface area contributed by atoms with Gasteiger partial charge in [0.05, 0.1) is 31.2 Å². The molecule has 1 atom stereocenters. The predicted molar refractivity (Wildman–Crippen MR) is 132 cm³/mol. The lowest BCUT2D eigenvalue weighted by atomic mass is 9.97. The molecule has 0 aliphatic carbocycles. The average molecular weight is 485 g/mol. The number of carbonyl (C=O) groups excluding carboxylic acids is 1. The van der Waals surface area contributed by atoms with Gasteiger partial charge in [0, 0.05) is 23.7 Å². The van der Waals surface area contributed by atoms with Crippen LogP contribution in [0.4, 0.5) is 0 Å². The molecule has 2 aromatic carbocycles. The third-order valence-electron chi connectivity index (χ3n) is 6.53. The van der Waals surface area contributed by atoms with Gasteiger partial charge in [0.2, 0.25) is 5.76 Å². The summed E-state index contributed by atoms with van der Waals surface area (Å²) < 4.78 is 17.2. The number of methoxy groups -OCH3 is 2. The van der Waals surface area contributed by atoms with Crippen molar-refractivity contribution < 1.29 is 18.7 Å². The Balaban J connectivity index is 1.96. The molecule has 1 aliphatic rings. The zero-order valence-corrected chi connectivity index (χ0v) is 20.9. The van der Waals surface area contributed by atoms with Crippen molar-refractivity contribution in [1.29, 1.82) is 0 Å². The first-order valence-corrected chi connectivity index (χ1v) is 11.7. The first-order chi connectivity index (χ1) is 16.4. The summed E-state index contributed by atoms with van der Waals surface area (Å²) in [5, 5.41) is 0.817. The zero-order valence-electron chi connectivity index (χ0n) is 20.1. The summed E-state index contributed by atoms with van der Waals surface area (Å²) in [4.78, 5) is 31.4. The first-order valence-electron chi connectivity index (χ1n) is 11.4. The molecule has 2 heterocycles. The summed E-state index contributed by atoms with van der Waals surface area (Å²) in [5.41, 5.74) is 1.81. The minimum atomic E-state index is -0.677. The number of halogens is 1. The Morgan fingerprint density at radius 1 is 1.12 bits per heavy atom. The lowest BCUT2D eigenvalue weighted by molar-refractivity contribution is 0.0706. The standard InChI is InChI=1S/C26H29ClN2O5/c1-6-28(7-2)11-12-29-22(16-9-8-10-19(32-4)24(16)33-5)21-23(30)17-14-18(27)15(3)13-20(17)34-25(21)26(29)31/h8-10,13-14,22H,6-7,11-12H2,1-5H3. The number of benzene rings is 2. The molecule has 0 saturated carbocycles. The number of para-hydroxylation sites is 1. The maximum absolute atomic E-state index is 13.8. The second kappa shape index (κ2) is 9.68. The Labute approximate surface area is 203 Å². The average Bonchev–Trinajstić information content (AvgIpc) is 3.12. The highest BCUT2D eigenvalue weighted by Crippen LogP contribution is 2.44. The molecule has 1 aromatic heterocycles. The molecule has 0 spiro atoms. The van der Waals surface area contributed by atoms with E-state index in [1.54, 1.807) is 37.3 Å². The number of carbonyl (C=O) groups is 1.